The number of rotatable bonds is 4. The third-order valence-corrected chi connectivity index (χ3v) is 7.61. The summed E-state index contributed by atoms with van der Waals surface area (Å²) in [6.45, 7) is 0. The first-order valence-corrected chi connectivity index (χ1v) is 13.4. The Morgan fingerprint density at radius 1 is 1.03 bits per heavy atom. The van der Waals surface area contributed by atoms with Crippen LogP contribution in [0.5, 0.6) is 0 Å². The molecule has 0 saturated heterocycles. The van der Waals surface area contributed by atoms with Gasteiger partial charge in [0.05, 0.1) is 15.9 Å². The van der Waals surface area contributed by atoms with Crippen molar-refractivity contribution >= 4 is 93.9 Å². The number of para-hydroxylation sites is 1. The van der Waals surface area contributed by atoms with Crippen LogP contribution in [-0.2, 0) is 0 Å². The number of aromatic nitrogens is 1. The zero-order chi connectivity index (χ0) is 24.5. The molecule has 2 heterocycles. The minimum Gasteiger partial charge on any atom is -0.451 e. The van der Waals surface area contributed by atoms with E-state index in [0.29, 0.717) is 16.5 Å². The van der Waals surface area contributed by atoms with Gasteiger partial charge in [0.2, 0.25) is 0 Å². The number of amides is 1. The third kappa shape index (κ3) is 5.34. The average Bonchev–Trinajstić information content (AvgIpc) is 3.49. The number of furan rings is 1. The number of thiocarbonyl (C=S) groups is 1. The van der Waals surface area contributed by atoms with Gasteiger partial charge in [-0.3, -0.25) is 10.1 Å². The molecule has 35 heavy (non-hydrogen) atoms. The van der Waals surface area contributed by atoms with E-state index in [1.165, 1.54) is 0 Å². The Bertz CT molecular complexity index is 1550. The molecule has 174 valence electrons. The predicted octanol–water partition coefficient (Wildman–Crippen LogP) is 8.53. The lowest BCUT2D eigenvalue weighted by Crippen LogP contribution is -2.34. The number of benzene rings is 3. The van der Waals surface area contributed by atoms with E-state index < -0.39 is 5.91 Å². The van der Waals surface area contributed by atoms with Gasteiger partial charge in [0.1, 0.15) is 10.8 Å². The van der Waals surface area contributed by atoms with E-state index in [0.717, 1.165) is 35.3 Å². The normalized spacial score (nSPS) is 10.9. The van der Waals surface area contributed by atoms with Crippen LogP contribution in [0, 0.1) is 0 Å². The van der Waals surface area contributed by atoms with Crippen LogP contribution >= 0.6 is 67.0 Å². The first-order chi connectivity index (χ1) is 16.9. The van der Waals surface area contributed by atoms with Gasteiger partial charge in [-0.25, -0.2) is 4.98 Å². The summed E-state index contributed by atoms with van der Waals surface area (Å²) in [5, 5.41) is 7.40. The molecule has 3 aromatic carbocycles. The van der Waals surface area contributed by atoms with Crippen LogP contribution < -0.4 is 10.6 Å². The van der Waals surface area contributed by atoms with E-state index in [-0.39, 0.29) is 10.9 Å². The van der Waals surface area contributed by atoms with Gasteiger partial charge in [-0.1, -0.05) is 39.7 Å². The van der Waals surface area contributed by atoms with Gasteiger partial charge in [0, 0.05) is 25.1 Å². The van der Waals surface area contributed by atoms with Crippen LogP contribution in [0.25, 0.3) is 32.1 Å². The van der Waals surface area contributed by atoms with Gasteiger partial charge in [0.25, 0.3) is 5.91 Å². The van der Waals surface area contributed by atoms with Crippen LogP contribution in [0.3, 0.4) is 0 Å². The second-order valence-electron chi connectivity index (χ2n) is 7.38. The van der Waals surface area contributed by atoms with E-state index in [4.69, 9.17) is 33.2 Å². The highest BCUT2D eigenvalue weighted by Gasteiger charge is 2.18. The number of nitrogens with one attached hydrogen (secondary N) is 2. The second-order valence-corrected chi connectivity index (χ2v) is 11.0. The van der Waals surface area contributed by atoms with Crippen molar-refractivity contribution in [3.05, 3.63) is 92.5 Å². The lowest BCUT2D eigenvalue weighted by Gasteiger charge is -2.14. The van der Waals surface area contributed by atoms with Crippen LogP contribution in [0.1, 0.15) is 10.6 Å². The van der Waals surface area contributed by atoms with E-state index in [1.807, 2.05) is 48.5 Å². The van der Waals surface area contributed by atoms with Gasteiger partial charge in [-0.05, 0) is 88.8 Å². The number of carbonyl (C=O) groups excluding carboxylic acids is 1. The van der Waals surface area contributed by atoms with E-state index >= 15 is 0 Å². The monoisotopic (exact) mass is 645 g/mol. The molecule has 2 N–H and O–H groups in total. The van der Waals surface area contributed by atoms with Gasteiger partial charge in [-0.15, -0.1) is 11.3 Å². The molecule has 0 fully saturated rings. The Labute approximate surface area is 231 Å². The Morgan fingerprint density at radius 3 is 2.57 bits per heavy atom. The summed E-state index contributed by atoms with van der Waals surface area (Å²) in [7, 11) is 0. The molecule has 0 atom stereocenters. The SMILES string of the molecule is O=C(NC(=S)Nc1c(Br)cc(Br)cc1-c1nc2ccccc2s1)c1ccc(-c2ccc(Cl)cc2)o1. The molecule has 2 aromatic heterocycles. The highest BCUT2D eigenvalue weighted by molar-refractivity contribution is 9.11. The predicted molar refractivity (Wildman–Crippen MR) is 153 cm³/mol. The highest BCUT2D eigenvalue weighted by Crippen LogP contribution is 2.40. The van der Waals surface area contributed by atoms with Crippen molar-refractivity contribution in [2.24, 2.45) is 0 Å². The summed E-state index contributed by atoms with van der Waals surface area (Å²) in [6.07, 6.45) is 0. The maximum absolute atomic E-state index is 12.8. The van der Waals surface area contributed by atoms with Gasteiger partial charge < -0.3 is 9.73 Å². The Hall–Kier alpha value is -2.56. The summed E-state index contributed by atoms with van der Waals surface area (Å²) in [4.78, 5) is 17.5. The summed E-state index contributed by atoms with van der Waals surface area (Å²) < 4.78 is 8.44. The molecule has 0 unspecified atom stereocenters. The molecule has 5 nitrogen and oxygen atoms in total. The number of fused-ring (bicyclic) bond motifs is 1. The van der Waals surface area contributed by atoms with Crippen molar-refractivity contribution in [1.82, 2.24) is 10.3 Å². The maximum atomic E-state index is 12.8. The first-order valence-electron chi connectivity index (χ1n) is 10.2. The summed E-state index contributed by atoms with van der Waals surface area (Å²) in [5.41, 5.74) is 3.26. The van der Waals surface area contributed by atoms with E-state index in [9.17, 15) is 4.79 Å². The summed E-state index contributed by atoms with van der Waals surface area (Å²) >= 11 is 20.1. The third-order valence-electron chi connectivity index (χ3n) is 5.00. The van der Waals surface area contributed by atoms with Crippen LogP contribution in [0.15, 0.2) is 86.2 Å². The zero-order valence-electron chi connectivity index (χ0n) is 17.6. The van der Waals surface area contributed by atoms with E-state index in [1.54, 1.807) is 35.6 Å². The zero-order valence-corrected chi connectivity index (χ0v) is 23.2. The Balaban J connectivity index is 1.36. The summed E-state index contributed by atoms with van der Waals surface area (Å²) in [5.74, 6) is 0.234. The molecule has 0 radical (unpaired) electrons. The van der Waals surface area contributed by atoms with Crippen molar-refractivity contribution in [1.29, 1.82) is 0 Å². The lowest BCUT2D eigenvalue weighted by atomic mass is 10.2. The van der Waals surface area contributed by atoms with Gasteiger partial charge in [0.15, 0.2) is 10.9 Å². The molecule has 5 aromatic rings. The second kappa shape index (κ2) is 10.2. The molecule has 5 rings (SSSR count). The Kier molecular flexibility index (Phi) is 7.04. The largest absolute Gasteiger partial charge is 0.451 e. The van der Waals surface area contributed by atoms with Crippen molar-refractivity contribution in [3.8, 4) is 21.9 Å². The molecular formula is C25H14Br2ClN3O2S2. The molecule has 0 aliphatic rings. The van der Waals surface area contributed by atoms with Crippen molar-refractivity contribution in [2.75, 3.05) is 5.32 Å². The number of thiazole rings is 1. The quantitative estimate of drug-likeness (QED) is 0.192. The Morgan fingerprint density at radius 2 is 1.80 bits per heavy atom. The molecule has 0 aliphatic carbocycles. The molecule has 0 bridgehead atoms. The number of anilines is 1. The van der Waals surface area contributed by atoms with Gasteiger partial charge >= 0.3 is 0 Å². The number of halogens is 3. The standard InChI is InChI=1S/C25H14Br2ClN3O2S2/c26-14-11-16(24-29-18-3-1-2-4-21(18)35-24)22(17(27)12-14)30-25(34)31-23(32)20-10-9-19(33-20)13-5-7-15(28)8-6-13/h1-12H,(H2,30,31,32,34). The minimum absolute atomic E-state index is 0.129. The molecule has 0 aliphatic heterocycles. The summed E-state index contributed by atoms with van der Waals surface area (Å²) in [6, 6.07) is 22.3. The average molecular weight is 648 g/mol. The number of hydrogen-bond donors (Lipinski definition) is 2. The number of nitrogens with zero attached hydrogens (tertiary/aromatic N) is 1. The van der Waals surface area contributed by atoms with Crippen molar-refractivity contribution in [2.45, 2.75) is 0 Å². The van der Waals surface area contributed by atoms with Crippen LogP contribution in [0.2, 0.25) is 5.02 Å². The first kappa shape index (κ1) is 24.1. The molecule has 10 heteroatoms. The lowest BCUT2D eigenvalue weighted by molar-refractivity contribution is 0.0951. The fraction of sp³-hybridized carbons (Fsp3) is 0. The molecule has 0 spiro atoms. The highest BCUT2D eigenvalue weighted by atomic mass is 79.9. The number of carbonyl (C=O) groups is 1. The smallest absolute Gasteiger partial charge is 0.293 e. The maximum Gasteiger partial charge on any atom is 0.293 e. The van der Waals surface area contributed by atoms with Crippen LogP contribution in [-0.4, -0.2) is 16.0 Å². The fourth-order valence-corrected chi connectivity index (χ4v) is 6.03. The van der Waals surface area contributed by atoms with E-state index in [2.05, 4.69) is 42.5 Å². The van der Waals surface area contributed by atoms with Crippen LogP contribution in [0.4, 0.5) is 5.69 Å². The minimum atomic E-state index is -0.461. The van der Waals surface area contributed by atoms with Crippen molar-refractivity contribution in [3.63, 3.8) is 0 Å². The molecule has 1 amide bonds. The molecular weight excluding hydrogens is 634 g/mol. The fourth-order valence-electron chi connectivity index (χ4n) is 3.40. The van der Waals surface area contributed by atoms with Crippen molar-refractivity contribution < 1.29 is 9.21 Å². The number of hydrogen-bond acceptors (Lipinski definition) is 5. The molecule has 0 saturated carbocycles. The van der Waals surface area contributed by atoms with Gasteiger partial charge in [-0.2, -0.15) is 0 Å². The topological polar surface area (TPSA) is 67.2 Å².